The molecule has 0 bridgehead atoms. The van der Waals surface area contributed by atoms with Crippen LogP contribution in [0.4, 0.5) is 0 Å². The summed E-state index contributed by atoms with van der Waals surface area (Å²) in [5.41, 5.74) is 3.29. The Labute approximate surface area is 115 Å². The average molecular weight is 312 g/mol. The highest BCUT2D eigenvalue weighted by Crippen LogP contribution is 2.28. The van der Waals surface area contributed by atoms with Gasteiger partial charge in [0, 0.05) is 13.6 Å². The summed E-state index contributed by atoms with van der Waals surface area (Å²) in [4.78, 5) is 0. The van der Waals surface area contributed by atoms with E-state index in [4.69, 9.17) is 0 Å². The molecule has 5 nitrogen and oxygen atoms in total. The second-order valence-electron chi connectivity index (χ2n) is 4.25. The van der Waals surface area contributed by atoms with Gasteiger partial charge in [0.1, 0.15) is 0 Å². The van der Waals surface area contributed by atoms with Gasteiger partial charge in [-0.2, -0.15) is 10.2 Å². The maximum atomic E-state index is 4.50. The van der Waals surface area contributed by atoms with Crippen LogP contribution in [0.5, 0.6) is 0 Å². The molecule has 98 valence electrons. The topological polar surface area (TPSA) is 47.7 Å². The van der Waals surface area contributed by atoms with Crippen LogP contribution in [0.3, 0.4) is 0 Å². The van der Waals surface area contributed by atoms with E-state index in [0.29, 0.717) is 0 Å². The first-order valence-electron chi connectivity index (χ1n) is 5.97. The summed E-state index contributed by atoms with van der Waals surface area (Å²) in [5.74, 6) is 0. The Bertz CT molecular complexity index is 523. The molecule has 2 aromatic heterocycles. The van der Waals surface area contributed by atoms with E-state index in [1.807, 2.05) is 36.6 Å². The van der Waals surface area contributed by atoms with Crippen LogP contribution in [0, 0.1) is 6.92 Å². The molecule has 0 fully saturated rings. The highest BCUT2D eigenvalue weighted by molar-refractivity contribution is 9.10. The molecule has 0 spiro atoms. The van der Waals surface area contributed by atoms with Crippen molar-refractivity contribution in [2.75, 3.05) is 7.05 Å². The highest BCUT2D eigenvalue weighted by atomic mass is 79.9. The van der Waals surface area contributed by atoms with Gasteiger partial charge in [-0.1, -0.05) is 0 Å². The van der Waals surface area contributed by atoms with Gasteiger partial charge >= 0.3 is 0 Å². The molecule has 18 heavy (non-hydrogen) atoms. The van der Waals surface area contributed by atoms with Crippen LogP contribution >= 0.6 is 15.9 Å². The molecule has 1 N–H and O–H groups in total. The zero-order chi connectivity index (χ0) is 13.3. The van der Waals surface area contributed by atoms with Crippen LogP contribution < -0.4 is 5.32 Å². The Balaban J connectivity index is 2.51. The second kappa shape index (κ2) is 5.24. The van der Waals surface area contributed by atoms with Crippen molar-refractivity contribution in [3.8, 4) is 0 Å². The summed E-state index contributed by atoms with van der Waals surface area (Å²) in [7, 11) is 3.90. The number of aromatic nitrogens is 4. The quantitative estimate of drug-likeness (QED) is 0.939. The number of hydrogen-bond acceptors (Lipinski definition) is 3. The highest BCUT2D eigenvalue weighted by Gasteiger charge is 2.22. The molecule has 2 aromatic rings. The summed E-state index contributed by atoms with van der Waals surface area (Å²) in [6.07, 6.45) is 1.82. The van der Waals surface area contributed by atoms with Crippen molar-refractivity contribution >= 4 is 15.9 Å². The van der Waals surface area contributed by atoms with Crippen LogP contribution in [-0.4, -0.2) is 26.6 Å². The molecule has 0 saturated carbocycles. The summed E-state index contributed by atoms with van der Waals surface area (Å²) in [6, 6.07) is 2.19. The second-order valence-corrected chi connectivity index (χ2v) is 5.10. The maximum absolute atomic E-state index is 4.50. The lowest BCUT2D eigenvalue weighted by atomic mass is 10.1. The molecule has 0 radical (unpaired) electrons. The van der Waals surface area contributed by atoms with Gasteiger partial charge in [0.25, 0.3) is 0 Å². The lowest BCUT2D eigenvalue weighted by Gasteiger charge is -2.18. The standard InChI is InChI=1S/C12H18BrN5/c1-5-18-10(6-8(2)16-18)11(14-3)12-9(13)7-15-17(12)4/h6-7,11,14H,5H2,1-4H3. The van der Waals surface area contributed by atoms with Gasteiger partial charge < -0.3 is 5.32 Å². The Hall–Kier alpha value is -1.14. The van der Waals surface area contributed by atoms with Gasteiger partial charge in [0.05, 0.1) is 33.8 Å². The summed E-state index contributed by atoms with van der Waals surface area (Å²) < 4.78 is 4.91. The van der Waals surface area contributed by atoms with Crippen molar-refractivity contribution in [2.24, 2.45) is 7.05 Å². The van der Waals surface area contributed by atoms with Gasteiger partial charge in [-0.15, -0.1) is 0 Å². The van der Waals surface area contributed by atoms with Crippen molar-refractivity contribution in [3.05, 3.63) is 33.8 Å². The van der Waals surface area contributed by atoms with E-state index in [1.165, 1.54) is 0 Å². The van der Waals surface area contributed by atoms with Crippen LogP contribution in [-0.2, 0) is 13.6 Å². The van der Waals surface area contributed by atoms with Gasteiger partial charge in [-0.25, -0.2) is 0 Å². The molecule has 1 atom stereocenters. The molecular formula is C12H18BrN5. The number of halogens is 1. The molecule has 0 amide bonds. The number of nitrogens with one attached hydrogen (secondary N) is 1. The third-order valence-corrected chi connectivity index (χ3v) is 3.64. The number of rotatable bonds is 4. The van der Waals surface area contributed by atoms with E-state index >= 15 is 0 Å². The Morgan fingerprint density at radius 3 is 2.72 bits per heavy atom. The Morgan fingerprint density at radius 1 is 1.50 bits per heavy atom. The molecule has 1 unspecified atom stereocenters. The Kier molecular flexibility index (Phi) is 3.87. The van der Waals surface area contributed by atoms with Crippen LogP contribution in [0.15, 0.2) is 16.7 Å². The van der Waals surface area contributed by atoms with Crippen molar-refractivity contribution in [1.82, 2.24) is 24.9 Å². The van der Waals surface area contributed by atoms with E-state index in [2.05, 4.69) is 44.4 Å². The van der Waals surface area contributed by atoms with Gasteiger partial charge in [0.2, 0.25) is 0 Å². The van der Waals surface area contributed by atoms with E-state index in [0.717, 1.165) is 28.1 Å². The van der Waals surface area contributed by atoms with E-state index in [1.54, 1.807) is 0 Å². The SMILES string of the molecule is CCn1nc(C)cc1C(NC)c1c(Br)cnn1C. The van der Waals surface area contributed by atoms with Crippen molar-refractivity contribution < 1.29 is 0 Å². The van der Waals surface area contributed by atoms with Crippen LogP contribution in [0.1, 0.15) is 30.0 Å². The van der Waals surface area contributed by atoms with Gasteiger partial charge in [-0.05, 0) is 42.9 Å². The molecule has 0 saturated heterocycles. The largest absolute Gasteiger partial charge is 0.307 e. The lowest BCUT2D eigenvalue weighted by molar-refractivity contribution is 0.533. The monoisotopic (exact) mass is 311 g/mol. The summed E-state index contributed by atoms with van der Waals surface area (Å²) in [5, 5.41) is 12.1. The van der Waals surface area contributed by atoms with E-state index < -0.39 is 0 Å². The fourth-order valence-corrected chi connectivity index (χ4v) is 2.80. The molecule has 6 heteroatoms. The molecule has 0 aliphatic carbocycles. The first-order valence-corrected chi connectivity index (χ1v) is 6.76. The van der Waals surface area contributed by atoms with Crippen molar-refractivity contribution in [3.63, 3.8) is 0 Å². The predicted octanol–water partition coefficient (Wildman–Crippen LogP) is 2.02. The van der Waals surface area contributed by atoms with Crippen LogP contribution in [0.25, 0.3) is 0 Å². The summed E-state index contributed by atoms with van der Waals surface area (Å²) in [6.45, 7) is 4.97. The minimum absolute atomic E-state index is 0.0769. The third-order valence-electron chi connectivity index (χ3n) is 3.03. The van der Waals surface area contributed by atoms with Crippen molar-refractivity contribution in [2.45, 2.75) is 26.4 Å². The molecule has 2 heterocycles. The summed E-state index contributed by atoms with van der Waals surface area (Å²) >= 11 is 3.56. The molecule has 0 aliphatic heterocycles. The average Bonchev–Trinajstić information content (AvgIpc) is 2.87. The number of aryl methyl sites for hydroxylation is 3. The third kappa shape index (κ3) is 2.22. The molecule has 0 aromatic carbocycles. The number of nitrogens with zero attached hydrogens (tertiary/aromatic N) is 4. The first-order chi connectivity index (χ1) is 8.58. The lowest BCUT2D eigenvalue weighted by Crippen LogP contribution is -2.24. The minimum Gasteiger partial charge on any atom is -0.307 e. The normalized spacial score (nSPS) is 12.9. The number of hydrogen-bond donors (Lipinski definition) is 1. The smallest absolute Gasteiger partial charge is 0.0927 e. The first kappa shape index (κ1) is 13.3. The van der Waals surface area contributed by atoms with Crippen molar-refractivity contribution in [1.29, 1.82) is 0 Å². The predicted molar refractivity (Wildman–Crippen MR) is 74.4 cm³/mol. The fraction of sp³-hybridized carbons (Fsp3) is 0.500. The van der Waals surface area contributed by atoms with Gasteiger partial charge in [-0.3, -0.25) is 9.36 Å². The van der Waals surface area contributed by atoms with Gasteiger partial charge in [0.15, 0.2) is 0 Å². The fourth-order valence-electron chi connectivity index (χ4n) is 2.22. The van der Waals surface area contributed by atoms with Crippen LogP contribution in [0.2, 0.25) is 0 Å². The molecule has 0 aliphatic rings. The zero-order valence-corrected chi connectivity index (χ0v) is 12.7. The minimum atomic E-state index is 0.0769. The molecular weight excluding hydrogens is 294 g/mol. The maximum Gasteiger partial charge on any atom is 0.0927 e. The van der Waals surface area contributed by atoms with E-state index in [9.17, 15) is 0 Å². The molecule has 2 rings (SSSR count). The Morgan fingerprint density at radius 2 is 2.22 bits per heavy atom. The van der Waals surface area contributed by atoms with E-state index in [-0.39, 0.29) is 6.04 Å². The zero-order valence-electron chi connectivity index (χ0n) is 11.1.